The molecule has 0 amide bonds. The van der Waals surface area contributed by atoms with Crippen LogP contribution in [0.5, 0.6) is 0 Å². The van der Waals surface area contributed by atoms with Crippen LogP contribution in [0, 0.1) is 11.3 Å². The monoisotopic (exact) mass is 236 g/mol. The average Bonchev–Trinajstić information content (AvgIpc) is 2.40. The van der Waals surface area contributed by atoms with Crippen LogP contribution in [-0.4, -0.2) is 22.3 Å². The van der Waals surface area contributed by atoms with Crippen LogP contribution in [0.25, 0.3) is 0 Å². The second-order valence-corrected chi connectivity index (χ2v) is 5.51. The molecule has 3 heteroatoms. The van der Waals surface area contributed by atoms with Crippen molar-refractivity contribution >= 4 is 5.97 Å². The van der Waals surface area contributed by atoms with E-state index in [0.717, 1.165) is 31.3 Å². The van der Waals surface area contributed by atoms with Crippen LogP contribution < -0.4 is 0 Å². The molecule has 2 rings (SSSR count). The van der Waals surface area contributed by atoms with Crippen molar-refractivity contribution in [2.45, 2.75) is 45.6 Å². The number of carboxylic acid groups (broad SMARTS) is 1. The molecule has 0 aromatic rings. The van der Waals surface area contributed by atoms with Crippen LogP contribution in [-0.2, 0) is 4.79 Å². The number of rotatable bonds is 1. The van der Waals surface area contributed by atoms with Crippen molar-refractivity contribution in [1.82, 2.24) is 0 Å². The molecule has 0 fully saturated rings. The van der Waals surface area contributed by atoms with E-state index in [2.05, 4.69) is 13.0 Å². The number of aliphatic carboxylic acids is 1. The van der Waals surface area contributed by atoms with Crippen molar-refractivity contribution in [3.63, 3.8) is 0 Å². The molecule has 0 aromatic heterocycles. The van der Waals surface area contributed by atoms with E-state index in [-0.39, 0.29) is 17.4 Å². The van der Waals surface area contributed by atoms with Gasteiger partial charge in [-0.15, -0.1) is 0 Å². The first-order chi connectivity index (χ1) is 7.95. The van der Waals surface area contributed by atoms with Gasteiger partial charge in [0, 0.05) is 11.0 Å². The first-order valence-corrected chi connectivity index (χ1v) is 6.28. The maximum absolute atomic E-state index is 11.2. The summed E-state index contributed by atoms with van der Waals surface area (Å²) in [5.74, 6) is -0.772. The van der Waals surface area contributed by atoms with E-state index in [4.69, 9.17) is 0 Å². The maximum atomic E-state index is 11.2. The molecule has 2 N–H and O–H groups in total. The smallest absolute Gasteiger partial charge is 0.331 e. The standard InChI is InChI=1S/C14H20O3/c1-9-6-7-14(2)10(4-3-5-12(14)15)8-11(9)13(16)17/h4,8-9,12,15H,3,5-7H2,1-2H3,(H,16,17)/t9-,12+,14-/m0/s1. The Balaban J connectivity index is 2.45. The zero-order valence-electron chi connectivity index (χ0n) is 10.4. The van der Waals surface area contributed by atoms with Crippen molar-refractivity contribution < 1.29 is 15.0 Å². The minimum atomic E-state index is -0.831. The third-order valence-corrected chi connectivity index (χ3v) is 4.38. The fourth-order valence-corrected chi connectivity index (χ4v) is 2.93. The van der Waals surface area contributed by atoms with Gasteiger partial charge in [-0.3, -0.25) is 0 Å². The van der Waals surface area contributed by atoms with Gasteiger partial charge in [0.25, 0.3) is 0 Å². The first kappa shape index (κ1) is 12.4. The number of hydrogen-bond acceptors (Lipinski definition) is 2. The molecular weight excluding hydrogens is 216 g/mol. The molecule has 0 saturated carbocycles. The topological polar surface area (TPSA) is 57.5 Å². The van der Waals surface area contributed by atoms with Gasteiger partial charge in [0.15, 0.2) is 0 Å². The molecule has 2 aliphatic rings. The van der Waals surface area contributed by atoms with E-state index >= 15 is 0 Å². The molecule has 0 bridgehead atoms. The van der Waals surface area contributed by atoms with Crippen LogP contribution in [0.3, 0.4) is 0 Å². The highest BCUT2D eigenvalue weighted by Gasteiger charge is 2.40. The maximum Gasteiger partial charge on any atom is 0.331 e. The molecule has 3 atom stereocenters. The lowest BCUT2D eigenvalue weighted by Gasteiger charge is -2.38. The van der Waals surface area contributed by atoms with Gasteiger partial charge in [-0.2, -0.15) is 0 Å². The van der Waals surface area contributed by atoms with Gasteiger partial charge in [-0.25, -0.2) is 4.79 Å². The Kier molecular flexibility index (Phi) is 3.13. The third kappa shape index (κ3) is 2.04. The van der Waals surface area contributed by atoms with Gasteiger partial charge in [0.05, 0.1) is 6.10 Å². The Morgan fingerprint density at radius 2 is 2.18 bits per heavy atom. The van der Waals surface area contributed by atoms with Gasteiger partial charge in [-0.05, 0) is 43.3 Å². The quantitative estimate of drug-likeness (QED) is 0.735. The van der Waals surface area contributed by atoms with Crippen LogP contribution >= 0.6 is 0 Å². The highest BCUT2D eigenvalue weighted by Crippen LogP contribution is 2.46. The molecule has 0 saturated heterocycles. The Morgan fingerprint density at radius 1 is 1.47 bits per heavy atom. The van der Waals surface area contributed by atoms with Gasteiger partial charge in [0.1, 0.15) is 0 Å². The number of carboxylic acids is 1. The van der Waals surface area contributed by atoms with E-state index in [0.29, 0.717) is 5.57 Å². The molecule has 0 heterocycles. The number of fused-ring (bicyclic) bond motifs is 1. The molecule has 0 spiro atoms. The summed E-state index contributed by atoms with van der Waals surface area (Å²) < 4.78 is 0. The summed E-state index contributed by atoms with van der Waals surface area (Å²) in [6.45, 7) is 4.00. The van der Waals surface area contributed by atoms with Crippen molar-refractivity contribution in [3.8, 4) is 0 Å². The minimum Gasteiger partial charge on any atom is -0.478 e. The lowest BCUT2D eigenvalue weighted by Crippen LogP contribution is -2.35. The van der Waals surface area contributed by atoms with Crippen molar-refractivity contribution in [3.05, 3.63) is 23.3 Å². The summed E-state index contributed by atoms with van der Waals surface area (Å²) in [5.41, 5.74) is 1.23. The SMILES string of the molecule is C[C@H]1CC[C@@]2(C)C(=CCC[C@H]2O)C=C1C(=O)O. The molecule has 0 aromatic carbocycles. The summed E-state index contributed by atoms with van der Waals surface area (Å²) in [4.78, 5) is 11.2. The highest BCUT2D eigenvalue weighted by molar-refractivity contribution is 5.88. The van der Waals surface area contributed by atoms with Crippen LogP contribution in [0.4, 0.5) is 0 Å². The second-order valence-electron chi connectivity index (χ2n) is 5.51. The molecular formula is C14H20O3. The normalized spacial score (nSPS) is 37.6. The molecule has 0 aliphatic heterocycles. The van der Waals surface area contributed by atoms with Gasteiger partial charge < -0.3 is 10.2 Å². The van der Waals surface area contributed by atoms with Crippen molar-refractivity contribution in [2.24, 2.45) is 11.3 Å². The first-order valence-electron chi connectivity index (χ1n) is 6.28. The molecule has 94 valence electrons. The molecule has 0 radical (unpaired) electrons. The number of carbonyl (C=O) groups is 1. The van der Waals surface area contributed by atoms with Crippen LogP contribution in [0.1, 0.15) is 39.5 Å². The second kappa shape index (κ2) is 4.30. The third-order valence-electron chi connectivity index (χ3n) is 4.38. The lowest BCUT2D eigenvalue weighted by atomic mass is 9.69. The Hall–Kier alpha value is -1.09. The zero-order valence-corrected chi connectivity index (χ0v) is 10.4. The molecule has 3 nitrogen and oxygen atoms in total. The van der Waals surface area contributed by atoms with E-state index in [1.165, 1.54) is 0 Å². The fourth-order valence-electron chi connectivity index (χ4n) is 2.93. The highest BCUT2D eigenvalue weighted by atomic mass is 16.4. The minimum absolute atomic E-state index is 0.0584. The lowest BCUT2D eigenvalue weighted by molar-refractivity contribution is -0.133. The fraction of sp³-hybridized carbons (Fsp3) is 0.643. The average molecular weight is 236 g/mol. The predicted octanol–water partition coefficient (Wildman–Crippen LogP) is 2.51. The van der Waals surface area contributed by atoms with Crippen molar-refractivity contribution in [1.29, 1.82) is 0 Å². The van der Waals surface area contributed by atoms with Crippen LogP contribution in [0.2, 0.25) is 0 Å². The summed E-state index contributed by atoms with van der Waals surface area (Å²) in [6.07, 6.45) is 6.83. The largest absolute Gasteiger partial charge is 0.478 e. The Morgan fingerprint density at radius 3 is 2.82 bits per heavy atom. The van der Waals surface area contributed by atoms with E-state index < -0.39 is 5.97 Å². The number of allylic oxidation sites excluding steroid dienone is 2. The molecule has 2 aliphatic carbocycles. The van der Waals surface area contributed by atoms with E-state index in [1.54, 1.807) is 6.08 Å². The molecule has 0 unspecified atom stereocenters. The summed E-state index contributed by atoms with van der Waals surface area (Å²) in [6, 6.07) is 0. The van der Waals surface area contributed by atoms with Gasteiger partial charge in [-0.1, -0.05) is 19.9 Å². The van der Waals surface area contributed by atoms with Crippen molar-refractivity contribution in [2.75, 3.05) is 0 Å². The zero-order chi connectivity index (χ0) is 12.6. The van der Waals surface area contributed by atoms with E-state index in [1.807, 2.05) is 6.92 Å². The number of aliphatic hydroxyl groups excluding tert-OH is 1. The Bertz CT molecular complexity index is 394. The van der Waals surface area contributed by atoms with E-state index in [9.17, 15) is 15.0 Å². The summed E-state index contributed by atoms with van der Waals surface area (Å²) >= 11 is 0. The van der Waals surface area contributed by atoms with Gasteiger partial charge >= 0.3 is 5.97 Å². The van der Waals surface area contributed by atoms with Crippen LogP contribution in [0.15, 0.2) is 23.3 Å². The summed E-state index contributed by atoms with van der Waals surface area (Å²) in [5, 5.41) is 19.4. The molecule has 17 heavy (non-hydrogen) atoms. The Labute approximate surface area is 102 Å². The summed E-state index contributed by atoms with van der Waals surface area (Å²) in [7, 11) is 0. The predicted molar refractivity (Wildman–Crippen MR) is 65.5 cm³/mol. The van der Waals surface area contributed by atoms with Gasteiger partial charge in [0.2, 0.25) is 0 Å². The number of aliphatic hydroxyl groups is 1. The number of hydrogen-bond donors (Lipinski definition) is 2.